The minimum absolute atomic E-state index is 0.0571. The van der Waals surface area contributed by atoms with E-state index < -0.39 is 17.8 Å². The number of nitrogens with zero attached hydrogens (tertiary/aromatic N) is 1. The van der Waals surface area contributed by atoms with Gasteiger partial charge in [0.25, 0.3) is 5.91 Å². The Labute approximate surface area is 144 Å². The third-order valence-electron chi connectivity index (χ3n) is 3.39. The van der Waals surface area contributed by atoms with E-state index in [0.29, 0.717) is 11.3 Å². The SMILES string of the molecule is CC(C(=O)OCCCl)N(C(=O)c1ccccc1)c1ccc(F)cc1. The van der Waals surface area contributed by atoms with Gasteiger partial charge in [-0.05, 0) is 43.3 Å². The number of amides is 1. The van der Waals surface area contributed by atoms with Gasteiger partial charge in [-0.25, -0.2) is 9.18 Å². The standard InChI is InChI=1S/C18H17ClFNO3/c1-13(18(23)24-12-11-19)21(16-9-7-15(20)8-10-16)17(22)14-5-3-2-4-6-14/h2-10,13H,11-12H2,1H3. The summed E-state index contributed by atoms with van der Waals surface area (Å²) >= 11 is 5.52. The molecule has 2 aromatic carbocycles. The third-order valence-corrected chi connectivity index (χ3v) is 3.55. The van der Waals surface area contributed by atoms with E-state index in [2.05, 4.69) is 0 Å². The van der Waals surface area contributed by atoms with Crippen LogP contribution in [-0.4, -0.2) is 30.4 Å². The van der Waals surface area contributed by atoms with Crippen molar-refractivity contribution < 1.29 is 18.7 Å². The zero-order chi connectivity index (χ0) is 17.5. The summed E-state index contributed by atoms with van der Waals surface area (Å²) in [6.07, 6.45) is 0. The number of esters is 1. The summed E-state index contributed by atoms with van der Waals surface area (Å²) in [4.78, 5) is 26.3. The fourth-order valence-corrected chi connectivity index (χ4v) is 2.28. The molecule has 0 heterocycles. The Morgan fingerprint density at radius 2 is 1.75 bits per heavy atom. The van der Waals surface area contributed by atoms with Crippen LogP contribution >= 0.6 is 11.6 Å². The van der Waals surface area contributed by atoms with Crippen LogP contribution in [0, 0.1) is 5.82 Å². The van der Waals surface area contributed by atoms with Gasteiger partial charge < -0.3 is 4.74 Å². The first-order valence-electron chi connectivity index (χ1n) is 7.41. The molecule has 0 saturated carbocycles. The summed E-state index contributed by atoms with van der Waals surface area (Å²) in [6, 6.07) is 13.0. The molecule has 1 atom stereocenters. The van der Waals surface area contributed by atoms with Crippen LogP contribution in [0.1, 0.15) is 17.3 Å². The minimum atomic E-state index is -0.883. The lowest BCUT2D eigenvalue weighted by atomic mass is 10.1. The molecule has 2 aromatic rings. The molecule has 0 radical (unpaired) electrons. The van der Waals surface area contributed by atoms with Crippen molar-refractivity contribution in [3.05, 3.63) is 66.0 Å². The quantitative estimate of drug-likeness (QED) is 0.591. The Bertz CT molecular complexity index is 691. The molecule has 1 amide bonds. The summed E-state index contributed by atoms with van der Waals surface area (Å²) in [5.41, 5.74) is 0.819. The number of alkyl halides is 1. The van der Waals surface area contributed by atoms with Crippen LogP contribution in [0.25, 0.3) is 0 Å². The van der Waals surface area contributed by atoms with Crippen molar-refractivity contribution in [2.24, 2.45) is 0 Å². The number of rotatable bonds is 6. The molecular weight excluding hydrogens is 333 g/mol. The van der Waals surface area contributed by atoms with E-state index >= 15 is 0 Å². The van der Waals surface area contributed by atoms with Gasteiger partial charge in [0, 0.05) is 11.3 Å². The molecule has 0 aliphatic carbocycles. The maximum absolute atomic E-state index is 13.2. The van der Waals surface area contributed by atoms with E-state index in [1.807, 2.05) is 0 Å². The monoisotopic (exact) mass is 349 g/mol. The van der Waals surface area contributed by atoms with Crippen LogP contribution in [0.15, 0.2) is 54.6 Å². The second kappa shape index (κ2) is 8.45. The fourth-order valence-electron chi connectivity index (χ4n) is 2.20. The number of ether oxygens (including phenoxy) is 1. The Kier molecular flexibility index (Phi) is 6.32. The molecule has 0 fully saturated rings. The first-order valence-corrected chi connectivity index (χ1v) is 7.95. The topological polar surface area (TPSA) is 46.6 Å². The highest BCUT2D eigenvalue weighted by atomic mass is 35.5. The molecule has 0 aliphatic rings. The van der Waals surface area contributed by atoms with Gasteiger partial charge in [0.1, 0.15) is 18.5 Å². The van der Waals surface area contributed by atoms with Crippen molar-refractivity contribution in [1.29, 1.82) is 0 Å². The van der Waals surface area contributed by atoms with E-state index in [1.54, 1.807) is 37.3 Å². The van der Waals surface area contributed by atoms with Crippen LogP contribution in [0.5, 0.6) is 0 Å². The van der Waals surface area contributed by atoms with Crippen LogP contribution < -0.4 is 4.90 Å². The molecular formula is C18H17ClFNO3. The molecule has 6 heteroatoms. The van der Waals surface area contributed by atoms with Gasteiger partial charge in [0.15, 0.2) is 0 Å². The van der Waals surface area contributed by atoms with E-state index in [4.69, 9.17) is 16.3 Å². The molecule has 126 valence electrons. The van der Waals surface area contributed by atoms with E-state index in [0.717, 1.165) is 0 Å². The van der Waals surface area contributed by atoms with Gasteiger partial charge >= 0.3 is 5.97 Å². The molecule has 2 rings (SSSR count). The number of carbonyl (C=O) groups excluding carboxylic acids is 2. The Hall–Kier alpha value is -2.40. The normalized spacial score (nSPS) is 11.6. The first kappa shape index (κ1) is 17.9. The van der Waals surface area contributed by atoms with Crippen LogP contribution in [-0.2, 0) is 9.53 Å². The molecule has 0 saturated heterocycles. The predicted octanol–water partition coefficient (Wildman–Crippen LogP) is 3.64. The van der Waals surface area contributed by atoms with Crippen molar-refractivity contribution in [3.8, 4) is 0 Å². The first-order chi connectivity index (χ1) is 11.5. The zero-order valence-corrected chi connectivity index (χ0v) is 13.9. The molecule has 0 N–H and O–H groups in total. The smallest absolute Gasteiger partial charge is 0.329 e. The Morgan fingerprint density at radius 3 is 2.33 bits per heavy atom. The van der Waals surface area contributed by atoms with Crippen molar-refractivity contribution in [2.75, 3.05) is 17.4 Å². The molecule has 1 unspecified atom stereocenters. The highest BCUT2D eigenvalue weighted by Gasteiger charge is 2.29. The van der Waals surface area contributed by atoms with Crippen LogP contribution in [0.2, 0.25) is 0 Å². The molecule has 24 heavy (non-hydrogen) atoms. The van der Waals surface area contributed by atoms with Gasteiger partial charge in [0.05, 0.1) is 5.88 Å². The number of hydrogen-bond donors (Lipinski definition) is 0. The van der Waals surface area contributed by atoms with Crippen molar-refractivity contribution >= 4 is 29.2 Å². The van der Waals surface area contributed by atoms with E-state index in [9.17, 15) is 14.0 Å². The second-order valence-corrected chi connectivity index (χ2v) is 5.43. The fraction of sp³-hybridized carbons (Fsp3) is 0.222. The Balaban J connectivity index is 2.36. The number of benzene rings is 2. The lowest BCUT2D eigenvalue weighted by molar-refractivity contribution is -0.144. The van der Waals surface area contributed by atoms with Crippen LogP contribution in [0.4, 0.5) is 10.1 Å². The van der Waals surface area contributed by atoms with Gasteiger partial charge in [-0.2, -0.15) is 0 Å². The van der Waals surface area contributed by atoms with E-state index in [1.165, 1.54) is 29.2 Å². The van der Waals surface area contributed by atoms with Crippen molar-refractivity contribution in [2.45, 2.75) is 13.0 Å². The maximum atomic E-state index is 13.2. The number of halogens is 2. The average Bonchev–Trinajstić information content (AvgIpc) is 2.62. The largest absolute Gasteiger partial charge is 0.463 e. The van der Waals surface area contributed by atoms with Gasteiger partial charge in [-0.1, -0.05) is 18.2 Å². The summed E-state index contributed by atoms with van der Waals surface area (Å²) in [5, 5.41) is 0. The zero-order valence-electron chi connectivity index (χ0n) is 13.1. The van der Waals surface area contributed by atoms with E-state index in [-0.39, 0.29) is 18.4 Å². The number of carbonyl (C=O) groups is 2. The molecule has 0 spiro atoms. The molecule has 0 aromatic heterocycles. The number of anilines is 1. The number of hydrogen-bond acceptors (Lipinski definition) is 3. The average molecular weight is 350 g/mol. The summed E-state index contributed by atoms with van der Waals surface area (Å²) in [6.45, 7) is 1.61. The lowest BCUT2D eigenvalue weighted by Gasteiger charge is -2.28. The highest BCUT2D eigenvalue weighted by molar-refractivity contribution is 6.18. The summed E-state index contributed by atoms with van der Waals surface area (Å²) < 4.78 is 18.2. The molecule has 4 nitrogen and oxygen atoms in total. The minimum Gasteiger partial charge on any atom is -0.463 e. The summed E-state index contributed by atoms with van der Waals surface area (Å²) in [7, 11) is 0. The molecule has 0 aliphatic heterocycles. The lowest BCUT2D eigenvalue weighted by Crippen LogP contribution is -2.44. The van der Waals surface area contributed by atoms with Crippen molar-refractivity contribution in [1.82, 2.24) is 0 Å². The van der Waals surface area contributed by atoms with Crippen LogP contribution in [0.3, 0.4) is 0 Å². The summed E-state index contributed by atoms with van der Waals surface area (Å²) in [5.74, 6) is -1.22. The third kappa shape index (κ3) is 4.32. The maximum Gasteiger partial charge on any atom is 0.329 e. The van der Waals surface area contributed by atoms with Gasteiger partial charge in [-0.3, -0.25) is 9.69 Å². The highest BCUT2D eigenvalue weighted by Crippen LogP contribution is 2.21. The van der Waals surface area contributed by atoms with Gasteiger partial charge in [0.2, 0.25) is 0 Å². The molecule has 0 bridgehead atoms. The Morgan fingerprint density at radius 1 is 1.12 bits per heavy atom. The second-order valence-electron chi connectivity index (χ2n) is 5.05. The van der Waals surface area contributed by atoms with Crippen molar-refractivity contribution in [3.63, 3.8) is 0 Å². The predicted molar refractivity (Wildman–Crippen MR) is 90.8 cm³/mol. The van der Waals surface area contributed by atoms with Gasteiger partial charge in [-0.15, -0.1) is 11.6 Å².